The lowest BCUT2D eigenvalue weighted by atomic mass is 9.87. The minimum absolute atomic E-state index is 0.00947. The number of rotatable bonds is 11. The molecule has 0 radical (unpaired) electrons. The van der Waals surface area contributed by atoms with Crippen molar-refractivity contribution in [1.29, 1.82) is 0 Å². The molecule has 11 heteroatoms. The molecular formula is C34H32F3N3O5. The van der Waals surface area contributed by atoms with Crippen molar-refractivity contribution in [2.24, 2.45) is 0 Å². The largest absolute Gasteiger partial charge is 0.447 e. The van der Waals surface area contributed by atoms with E-state index in [4.69, 9.17) is 4.74 Å². The van der Waals surface area contributed by atoms with E-state index in [1.165, 1.54) is 28.9 Å². The van der Waals surface area contributed by atoms with Crippen LogP contribution in [0.5, 0.6) is 0 Å². The molecule has 2 aliphatic rings. The Morgan fingerprint density at radius 2 is 1.69 bits per heavy atom. The molecule has 3 aromatic carbocycles. The molecule has 2 saturated heterocycles. The summed E-state index contributed by atoms with van der Waals surface area (Å²) in [5, 5.41) is 2.65. The van der Waals surface area contributed by atoms with Gasteiger partial charge >= 0.3 is 12.3 Å². The molecule has 3 aromatic rings. The standard InChI is InChI=1S/C34H32F3N3O5/c1-22(41)15-17-28(31(42)38-20-24-11-8-14-26(19-24)34(35,36)37)39-27(18-16-23-9-4-2-5-10-23)30(32(39)43)40-29(21-45-33(40)44)25-12-6-3-7-13-25/h2-14,16,18-19,27-30H,15,17,20-21H2,1H3,(H,38,42)/t27?,28-,29+,30?/m0/s1. The van der Waals surface area contributed by atoms with E-state index in [1.54, 1.807) is 12.2 Å². The molecule has 5 rings (SSSR count). The van der Waals surface area contributed by atoms with Crippen molar-refractivity contribution in [2.45, 2.75) is 56.7 Å². The zero-order chi connectivity index (χ0) is 32.1. The van der Waals surface area contributed by atoms with Gasteiger partial charge in [0.25, 0.3) is 0 Å². The Kier molecular flexibility index (Phi) is 9.36. The Morgan fingerprint density at radius 3 is 2.36 bits per heavy atom. The molecule has 3 amide bonds. The highest BCUT2D eigenvalue weighted by Crippen LogP contribution is 2.39. The summed E-state index contributed by atoms with van der Waals surface area (Å²) in [6.45, 7) is 1.20. The summed E-state index contributed by atoms with van der Waals surface area (Å²) < 4.78 is 45.1. The predicted molar refractivity (Wildman–Crippen MR) is 159 cm³/mol. The van der Waals surface area contributed by atoms with E-state index in [0.717, 1.165) is 23.3 Å². The second kappa shape index (κ2) is 13.4. The number of benzene rings is 3. The topological polar surface area (TPSA) is 96.0 Å². The SMILES string of the molecule is CC(=O)CC[C@@H](C(=O)NCc1cccc(C(F)(F)F)c1)N1C(=O)C(N2C(=O)OC[C@@H]2c2ccccc2)C1C=Cc1ccccc1. The van der Waals surface area contributed by atoms with Gasteiger partial charge in [0.2, 0.25) is 11.8 Å². The molecule has 234 valence electrons. The van der Waals surface area contributed by atoms with Crippen LogP contribution in [0, 0.1) is 0 Å². The van der Waals surface area contributed by atoms with Gasteiger partial charge in [-0.1, -0.05) is 84.9 Å². The van der Waals surface area contributed by atoms with Gasteiger partial charge in [-0.3, -0.25) is 14.5 Å². The van der Waals surface area contributed by atoms with Crippen LogP contribution in [0.25, 0.3) is 6.08 Å². The summed E-state index contributed by atoms with van der Waals surface area (Å²) in [6.07, 6.45) is -1.69. The van der Waals surface area contributed by atoms with Crippen LogP contribution in [0.4, 0.5) is 18.0 Å². The molecule has 2 fully saturated rings. The summed E-state index contributed by atoms with van der Waals surface area (Å²) >= 11 is 0. The first-order valence-electron chi connectivity index (χ1n) is 14.5. The molecular weight excluding hydrogens is 587 g/mol. The number of cyclic esters (lactones) is 1. The third-order valence-electron chi connectivity index (χ3n) is 7.96. The van der Waals surface area contributed by atoms with Crippen molar-refractivity contribution in [3.05, 3.63) is 113 Å². The highest BCUT2D eigenvalue weighted by Gasteiger charge is 2.57. The first-order chi connectivity index (χ1) is 21.5. The van der Waals surface area contributed by atoms with Gasteiger partial charge in [-0.15, -0.1) is 0 Å². The second-order valence-electron chi connectivity index (χ2n) is 11.0. The van der Waals surface area contributed by atoms with E-state index in [0.29, 0.717) is 0 Å². The van der Waals surface area contributed by atoms with Crippen LogP contribution in [0.15, 0.2) is 91.0 Å². The average Bonchev–Trinajstić information content (AvgIpc) is 3.40. The van der Waals surface area contributed by atoms with Crippen LogP contribution in [0.3, 0.4) is 0 Å². The lowest BCUT2D eigenvalue weighted by Crippen LogP contribution is -2.74. The molecule has 0 spiro atoms. The number of hydrogen-bond donors (Lipinski definition) is 1. The number of Topliss-reactive ketones (excluding diaryl/α,β-unsaturated/α-hetero) is 1. The van der Waals surface area contributed by atoms with Crippen LogP contribution in [-0.4, -0.2) is 58.2 Å². The van der Waals surface area contributed by atoms with E-state index in [2.05, 4.69) is 5.32 Å². The van der Waals surface area contributed by atoms with Gasteiger partial charge in [-0.2, -0.15) is 13.2 Å². The van der Waals surface area contributed by atoms with Crippen molar-refractivity contribution in [1.82, 2.24) is 15.1 Å². The number of nitrogens with one attached hydrogen (secondary N) is 1. The van der Waals surface area contributed by atoms with Crippen LogP contribution < -0.4 is 5.32 Å². The molecule has 2 unspecified atom stereocenters. The van der Waals surface area contributed by atoms with Crippen molar-refractivity contribution >= 4 is 29.8 Å². The summed E-state index contributed by atoms with van der Waals surface area (Å²) in [6, 6.07) is 19.6. The Bertz CT molecular complexity index is 1580. The van der Waals surface area contributed by atoms with Gasteiger partial charge in [-0.05, 0) is 42.2 Å². The van der Waals surface area contributed by atoms with Gasteiger partial charge < -0.3 is 19.7 Å². The smallest absolute Gasteiger partial charge is 0.416 e. The first kappa shape index (κ1) is 31.5. The normalized spacial score (nSPS) is 20.6. The molecule has 0 aliphatic carbocycles. The molecule has 0 saturated carbocycles. The highest BCUT2D eigenvalue weighted by molar-refractivity contribution is 5.98. The maximum atomic E-state index is 14.0. The molecule has 0 bridgehead atoms. The van der Waals surface area contributed by atoms with Crippen molar-refractivity contribution in [2.75, 3.05) is 6.61 Å². The number of nitrogens with zero attached hydrogens (tertiary/aromatic N) is 2. The van der Waals surface area contributed by atoms with Crippen molar-refractivity contribution in [3.8, 4) is 0 Å². The van der Waals surface area contributed by atoms with E-state index < -0.39 is 53.8 Å². The number of likely N-dealkylation sites (tertiary alicyclic amines) is 1. The fourth-order valence-corrected chi connectivity index (χ4v) is 5.71. The van der Waals surface area contributed by atoms with E-state index in [-0.39, 0.29) is 37.3 Å². The minimum atomic E-state index is -4.55. The number of carbonyl (C=O) groups is 4. The number of amides is 3. The number of hydrogen-bond acceptors (Lipinski definition) is 5. The second-order valence-corrected chi connectivity index (χ2v) is 11.0. The molecule has 2 heterocycles. The van der Waals surface area contributed by atoms with Gasteiger partial charge in [0, 0.05) is 13.0 Å². The lowest BCUT2D eigenvalue weighted by molar-refractivity contribution is -0.163. The number of ketones is 1. The van der Waals surface area contributed by atoms with Crippen LogP contribution in [-0.2, 0) is 31.8 Å². The predicted octanol–water partition coefficient (Wildman–Crippen LogP) is 5.55. The number of ether oxygens (including phenoxy) is 1. The molecule has 4 atom stereocenters. The fraction of sp³-hybridized carbons (Fsp3) is 0.294. The van der Waals surface area contributed by atoms with Crippen molar-refractivity contribution in [3.63, 3.8) is 0 Å². The van der Waals surface area contributed by atoms with Crippen LogP contribution >= 0.6 is 0 Å². The fourth-order valence-electron chi connectivity index (χ4n) is 5.71. The van der Waals surface area contributed by atoms with Crippen molar-refractivity contribution < 1.29 is 37.1 Å². The summed E-state index contributed by atoms with van der Waals surface area (Å²) in [5.74, 6) is -1.32. The Hall–Kier alpha value is -4.93. The lowest BCUT2D eigenvalue weighted by Gasteiger charge is -2.52. The molecule has 45 heavy (non-hydrogen) atoms. The van der Waals surface area contributed by atoms with Gasteiger partial charge in [0.05, 0.1) is 17.6 Å². The average molecular weight is 620 g/mol. The molecule has 2 aliphatic heterocycles. The third-order valence-corrected chi connectivity index (χ3v) is 7.96. The van der Waals surface area contributed by atoms with Gasteiger partial charge in [-0.25, -0.2) is 4.79 Å². The molecule has 0 aromatic heterocycles. The van der Waals surface area contributed by atoms with Gasteiger partial charge in [0.1, 0.15) is 24.5 Å². The number of carbonyl (C=O) groups excluding carboxylic acids is 4. The Labute approximate surface area is 258 Å². The first-order valence-corrected chi connectivity index (χ1v) is 14.5. The van der Waals surface area contributed by atoms with E-state index in [1.807, 2.05) is 60.7 Å². The number of alkyl halides is 3. The Balaban J connectivity index is 1.44. The molecule has 1 N–H and O–H groups in total. The van der Waals surface area contributed by atoms with Gasteiger partial charge in [0.15, 0.2) is 0 Å². The zero-order valence-electron chi connectivity index (χ0n) is 24.4. The van der Waals surface area contributed by atoms with E-state index >= 15 is 0 Å². The third kappa shape index (κ3) is 7.08. The summed E-state index contributed by atoms with van der Waals surface area (Å²) in [4.78, 5) is 55.4. The minimum Gasteiger partial charge on any atom is -0.447 e. The summed E-state index contributed by atoms with van der Waals surface area (Å²) in [7, 11) is 0. The summed E-state index contributed by atoms with van der Waals surface area (Å²) in [5.41, 5.74) is 0.989. The maximum Gasteiger partial charge on any atom is 0.416 e. The Morgan fingerprint density at radius 1 is 1.00 bits per heavy atom. The number of β-lactam (4-membered cyclic amide) rings is 1. The highest BCUT2D eigenvalue weighted by atomic mass is 19.4. The monoisotopic (exact) mass is 619 g/mol. The van der Waals surface area contributed by atoms with Crippen LogP contribution in [0.1, 0.15) is 48.1 Å². The molecule has 8 nitrogen and oxygen atoms in total. The zero-order valence-corrected chi connectivity index (χ0v) is 24.4. The van der Waals surface area contributed by atoms with Crippen LogP contribution in [0.2, 0.25) is 0 Å². The quantitative estimate of drug-likeness (QED) is 0.284. The van der Waals surface area contributed by atoms with E-state index in [9.17, 15) is 32.3 Å². The maximum absolute atomic E-state index is 14.0. The number of halogens is 3.